The highest BCUT2D eigenvalue weighted by Gasteiger charge is 2.25. The fourth-order valence-electron chi connectivity index (χ4n) is 3.40. The maximum atomic E-state index is 11.5. The smallest absolute Gasteiger partial charge is 0.222 e. The number of aryl methyl sites for hydroxylation is 1. The second-order valence-corrected chi connectivity index (χ2v) is 6.89. The Labute approximate surface area is 155 Å². The van der Waals surface area contributed by atoms with Crippen molar-refractivity contribution in [3.8, 4) is 11.3 Å². The number of carbonyl (C=O) groups is 1. The normalized spacial score (nSPS) is 17.6. The number of fused-ring (bicyclic) bond motifs is 1. The number of piperidine rings is 1. The Hall–Kier alpha value is -2.74. The quantitative estimate of drug-likeness (QED) is 0.753. The van der Waals surface area contributed by atoms with Crippen LogP contribution in [0.5, 0.6) is 0 Å². The molecule has 2 N–H and O–H groups in total. The fourth-order valence-corrected chi connectivity index (χ4v) is 3.54. The number of nitrogens with two attached hydrogens (primary N) is 1. The molecule has 8 nitrogen and oxygen atoms in total. The SMILES string of the molecule is Cc1nn2cc(Cl)cnc2c1-c1cc(N2CCCC(C(N)=O)C2)ncn1. The Bertz CT molecular complexity index is 986. The number of hydrogen-bond acceptors (Lipinski definition) is 6. The minimum atomic E-state index is -0.261. The molecule has 0 spiro atoms. The Balaban J connectivity index is 1.73. The lowest BCUT2D eigenvalue weighted by Gasteiger charge is -2.32. The summed E-state index contributed by atoms with van der Waals surface area (Å²) < 4.78 is 1.65. The van der Waals surface area contributed by atoms with E-state index >= 15 is 0 Å². The first-order chi connectivity index (χ1) is 12.5. The van der Waals surface area contributed by atoms with Gasteiger partial charge in [-0.2, -0.15) is 5.10 Å². The van der Waals surface area contributed by atoms with Gasteiger partial charge in [-0.25, -0.2) is 19.5 Å². The van der Waals surface area contributed by atoms with Crippen LogP contribution in [0.4, 0.5) is 5.82 Å². The zero-order valence-electron chi connectivity index (χ0n) is 14.3. The second-order valence-electron chi connectivity index (χ2n) is 6.45. The summed E-state index contributed by atoms with van der Waals surface area (Å²) in [6.07, 6.45) is 6.55. The highest BCUT2D eigenvalue weighted by atomic mass is 35.5. The average Bonchev–Trinajstić information content (AvgIpc) is 2.96. The highest BCUT2D eigenvalue weighted by Crippen LogP contribution is 2.29. The maximum absolute atomic E-state index is 11.5. The number of aromatic nitrogens is 5. The van der Waals surface area contributed by atoms with E-state index in [1.807, 2.05) is 13.0 Å². The summed E-state index contributed by atoms with van der Waals surface area (Å²) in [6, 6.07) is 1.91. The van der Waals surface area contributed by atoms with Crippen LogP contribution in [0.15, 0.2) is 24.8 Å². The van der Waals surface area contributed by atoms with Gasteiger partial charge in [0, 0.05) is 25.4 Å². The summed E-state index contributed by atoms with van der Waals surface area (Å²) in [5, 5.41) is 4.98. The van der Waals surface area contributed by atoms with E-state index in [9.17, 15) is 4.79 Å². The Kier molecular flexibility index (Phi) is 4.20. The molecule has 0 aliphatic carbocycles. The third kappa shape index (κ3) is 2.96. The molecule has 134 valence electrons. The van der Waals surface area contributed by atoms with E-state index in [4.69, 9.17) is 17.3 Å². The number of halogens is 1. The molecular formula is C17H18ClN7O. The fraction of sp³-hybridized carbons (Fsp3) is 0.353. The van der Waals surface area contributed by atoms with E-state index in [1.165, 1.54) is 6.33 Å². The lowest BCUT2D eigenvalue weighted by atomic mass is 9.97. The average molecular weight is 372 g/mol. The van der Waals surface area contributed by atoms with E-state index in [1.54, 1.807) is 16.9 Å². The predicted molar refractivity (Wildman–Crippen MR) is 97.9 cm³/mol. The number of hydrogen-bond donors (Lipinski definition) is 1. The zero-order valence-corrected chi connectivity index (χ0v) is 15.0. The predicted octanol–water partition coefficient (Wildman–Crippen LogP) is 1.85. The van der Waals surface area contributed by atoms with Crippen molar-refractivity contribution in [2.45, 2.75) is 19.8 Å². The van der Waals surface area contributed by atoms with Crippen LogP contribution >= 0.6 is 11.6 Å². The summed E-state index contributed by atoms with van der Waals surface area (Å²) >= 11 is 6.00. The number of amides is 1. The number of anilines is 1. The zero-order chi connectivity index (χ0) is 18.3. The maximum Gasteiger partial charge on any atom is 0.222 e. The Morgan fingerprint density at radius 1 is 1.35 bits per heavy atom. The summed E-state index contributed by atoms with van der Waals surface area (Å²) in [6.45, 7) is 3.32. The minimum absolute atomic E-state index is 0.148. The van der Waals surface area contributed by atoms with Gasteiger partial charge in [-0.3, -0.25) is 4.79 Å². The molecule has 1 fully saturated rings. The van der Waals surface area contributed by atoms with Gasteiger partial charge in [0.15, 0.2) is 5.65 Å². The van der Waals surface area contributed by atoms with Gasteiger partial charge in [0.2, 0.25) is 5.91 Å². The van der Waals surface area contributed by atoms with Gasteiger partial charge in [-0.05, 0) is 19.8 Å². The number of rotatable bonds is 3. The Morgan fingerprint density at radius 2 is 2.19 bits per heavy atom. The lowest BCUT2D eigenvalue weighted by Crippen LogP contribution is -2.41. The summed E-state index contributed by atoms with van der Waals surface area (Å²) in [5.41, 5.74) is 8.55. The van der Waals surface area contributed by atoms with E-state index in [0.29, 0.717) is 17.2 Å². The second kappa shape index (κ2) is 6.53. The van der Waals surface area contributed by atoms with Gasteiger partial charge < -0.3 is 10.6 Å². The van der Waals surface area contributed by atoms with E-state index in [0.717, 1.165) is 42.2 Å². The molecule has 4 rings (SSSR count). The van der Waals surface area contributed by atoms with Gasteiger partial charge in [-0.1, -0.05) is 11.6 Å². The van der Waals surface area contributed by atoms with Crippen molar-refractivity contribution < 1.29 is 4.79 Å². The van der Waals surface area contributed by atoms with Crippen LogP contribution in [0.3, 0.4) is 0 Å². The van der Waals surface area contributed by atoms with Crippen molar-refractivity contribution in [1.29, 1.82) is 0 Å². The molecular weight excluding hydrogens is 354 g/mol. The van der Waals surface area contributed by atoms with Crippen LogP contribution in [0, 0.1) is 12.8 Å². The topological polar surface area (TPSA) is 102 Å². The van der Waals surface area contributed by atoms with Crippen molar-refractivity contribution in [1.82, 2.24) is 24.6 Å². The van der Waals surface area contributed by atoms with Crippen molar-refractivity contribution in [3.05, 3.63) is 35.5 Å². The molecule has 0 bridgehead atoms. The molecule has 0 saturated carbocycles. The van der Waals surface area contributed by atoms with E-state index in [-0.39, 0.29) is 11.8 Å². The summed E-state index contributed by atoms with van der Waals surface area (Å²) in [4.78, 5) is 26.8. The van der Waals surface area contributed by atoms with Crippen molar-refractivity contribution in [3.63, 3.8) is 0 Å². The number of primary amides is 1. The molecule has 3 aromatic heterocycles. The third-order valence-electron chi connectivity index (χ3n) is 4.67. The van der Waals surface area contributed by atoms with Crippen LogP contribution in [0.1, 0.15) is 18.5 Å². The van der Waals surface area contributed by atoms with Crippen LogP contribution < -0.4 is 10.6 Å². The molecule has 1 aliphatic heterocycles. The molecule has 0 radical (unpaired) electrons. The molecule has 1 atom stereocenters. The molecule has 4 heterocycles. The van der Waals surface area contributed by atoms with E-state index in [2.05, 4.69) is 25.0 Å². The van der Waals surface area contributed by atoms with Gasteiger partial charge in [0.1, 0.15) is 12.1 Å². The first-order valence-corrected chi connectivity index (χ1v) is 8.78. The van der Waals surface area contributed by atoms with Gasteiger partial charge in [0.05, 0.1) is 34.1 Å². The van der Waals surface area contributed by atoms with Gasteiger partial charge in [-0.15, -0.1) is 0 Å². The molecule has 1 unspecified atom stereocenters. The summed E-state index contributed by atoms with van der Waals surface area (Å²) in [7, 11) is 0. The molecule has 0 aromatic carbocycles. The van der Waals surface area contributed by atoms with Gasteiger partial charge >= 0.3 is 0 Å². The van der Waals surface area contributed by atoms with Crippen molar-refractivity contribution in [2.75, 3.05) is 18.0 Å². The minimum Gasteiger partial charge on any atom is -0.369 e. The first-order valence-electron chi connectivity index (χ1n) is 8.40. The van der Waals surface area contributed by atoms with Gasteiger partial charge in [0.25, 0.3) is 0 Å². The molecule has 1 amide bonds. The van der Waals surface area contributed by atoms with Crippen LogP contribution in [0.2, 0.25) is 5.02 Å². The first kappa shape index (κ1) is 16.7. The molecule has 1 saturated heterocycles. The third-order valence-corrected chi connectivity index (χ3v) is 4.87. The van der Waals surface area contributed by atoms with Crippen LogP contribution in [-0.2, 0) is 4.79 Å². The monoisotopic (exact) mass is 371 g/mol. The molecule has 1 aliphatic rings. The van der Waals surface area contributed by atoms with Crippen LogP contribution in [0.25, 0.3) is 16.9 Å². The standard InChI is InChI=1S/C17H18ClN7O/c1-10-15(17-20-6-12(18)8-25(17)23-10)13-5-14(22-9-21-13)24-4-2-3-11(7-24)16(19)26/h5-6,8-9,11H,2-4,7H2,1H3,(H2,19,26). The van der Waals surface area contributed by atoms with E-state index < -0.39 is 0 Å². The number of nitrogens with zero attached hydrogens (tertiary/aromatic N) is 6. The van der Waals surface area contributed by atoms with Crippen molar-refractivity contribution in [2.24, 2.45) is 11.7 Å². The largest absolute Gasteiger partial charge is 0.369 e. The summed E-state index contributed by atoms with van der Waals surface area (Å²) in [5.74, 6) is 0.363. The molecule has 26 heavy (non-hydrogen) atoms. The Morgan fingerprint density at radius 3 is 3.00 bits per heavy atom. The van der Waals surface area contributed by atoms with Crippen LogP contribution in [-0.4, -0.2) is 43.6 Å². The number of carbonyl (C=O) groups excluding carboxylic acids is 1. The molecule has 3 aromatic rings. The lowest BCUT2D eigenvalue weighted by molar-refractivity contribution is -0.122. The van der Waals surface area contributed by atoms with Crippen molar-refractivity contribution >= 4 is 29.0 Å². The molecule has 9 heteroatoms. The highest BCUT2D eigenvalue weighted by molar-refractivity contribution is 6.30.